The number of carbonyl (C=O) groups is 1. The smallest absolute Gasteiger partial charge is 0.274 e. The lowest BCUT2D eigenvalue weighted by atomic mass is 10.1. The molecule has 0 radical (unpaired) electrons. The van der Waals surface area contributed by atoms with Crippen LogP contribution in [-0.4, -0.2) is 57.0 Å². The third-order valence-corrected chi connectivity index (χ3v) is 6.38. The SMILES string of the molecule is COC[C@@H]1CN(C(C)C)C(=O)c2c(O)c(=O)c(-c3nnc(Cc4ccc(F)cc4)s3)cn21. The van der Waals surface area contributed by atoms with Crippen molar-refractivity contribution in [2.45, 2.75) is 32.4 Å². The van der Waals surface area contributed by atoms with E-state index in [9.17, 15) is 19.1 Å². The number of benzene rings is 1. The highest BCUT2D eigenvalue weighted by Gasteiger charge is 2.36. The fourth-order valence-electron chi connectivity index (χ4n) is 3.79. The van der Waals surface area contributed by atoms with E-state index in [4.69, 9.17) is 4.74 Å². The van der Waals surface area contributed by atoms with Crippen LogP contribution >= 0.6 is 11.3 Å². The molecule has 0 bridgehead atoms. The highest BCUT2D eigenvalue weighted by Crippen LogP contribution is 2.31. The average molecular weight is 459 g/mol. The molecule has 1 aliphatic rings. The molecule has 0 unspecified atom stereocenters. The van der Waals surface area contributed by atoms with Crippen LogP contribution in [0.25, 0.3) is 10.6 Å². The van der Waals surface area contributed by atoms with E-state index in [1.165, 1.54) is 23.5 Å². The number of methoxy groups -OCH3 is 1. The Kier molecular flexibility index (Phi) is 6.07. The van der Waals surface area contributed by atoms with Gasteiger partial charge in [0.2, 0.25) is 5.43 Å². The van der Waals surface area contributed by atoms with Crippen molar-refractivity contribution in [3.8, 4) is 16.3 Å². The normalized spacial score (nSPS) is 16.0. The summed E-state index contributed by atoms with van der Waals surface area (Å²) in [5.74, 6) is -1.32. The maximum absolute atomic E-state index is 13.1. The van der Waals surface area contributed by atoms with Gasteiger partial charge >= 0.3 is 0 Å². The Morgan fingerprint density at radius 3 is 2.62 bits per heavy atom. The van der Waals surface area contributed by atoms with E-state index in [0.29, 0.717) is 29.6 Å². The fourth-order valence-corrected chi connectivity index (χ4v) is 4.67. The van der Waals surface area contributed by atoms with Crippen molar-refractivity contribution in [1.29, 1.82) is 0 Å². The van der Waals surface area contributed by atoms with Gasteiger partial charge in [-0.3, -0.25) is 9.59 Å². The van der Waals surface area contributed by atoms with Crippen LogP contribution in [0.4, 0.5) is 4.39 Å². The molecule has 10 heteroatoms. The Morgan fingerprint density at radius 2 is 1.97 bits per heavy atom. The number of aromatic nitrogens is 3. The molecule has 0 spiro atoms. The molecule has 2 aromatic heterocycles. The topological polar surface area (TPSA) is 97.6 Å². The van der Waals surface area contributed by atoms with Crippen LogP contribution in [0.5, 0.6) is 5.75 Å². The van der Waals surface area contributed by atoms with Gasteiger partial charge in [-0.2, -0.15) is 0 Å². The molecular formula is C22H23FN4O4S. The summed E-state index contributed by atoms with van der Waals surface area (Å²) in [7, 11) is 1.56. The quantitative estimate of drug-likeness (QED) is 0.610. The molecule has 0 saturated heterocycles. The largest absolute Gasteiger partial charge is 0.503 e. The number of ether oxygens (including phenoxy) is 1. The standard InChI is InChI=1S/C22H23FN4O4S/c1-12(2)26-9-15(11-31-3)27-10-16(19(28)20(29)18(27)22(26)30)21-25-24-17(32-21)8-13-4-6-14(23)7-5-13/h4-7,10,12,15,29H,8-9,11H2,1-3H3/t15-/m0/s1. The van der Waals surface area contributed by atoms with Crippen molar-refractivity contribution in [3.05, 3.63) is 62.8 Å². The van der Waals surface area contributed by atoms with Gasteiger partial charge in [-0.15, -0.1) is 10.2 Å². The highest BCUT2D eigenvalue weighted by molar-refractivity contribution is 7.14. The van der Waals surface area contributed by atoms with Gasteiger partial charge < -0.3 is 19.3 Å². The van der Waals surface area contributed by atoms with Crippen LogP contribution in [0.3, 0.4) is 0 Å². The number of aromatic hydroxyl groups is 1. The summed E-state index contributed by atoms with van der Waals surface area (Å²) < 4.78 is 20.1. The molecule has 168 valence electrons. The van der Waals surface area contributed by atoms with E-state index < -0.39 is 17.1 Å². The number of fused-ring (bicyclic) bond motifs is 1. The first-order valence-electron chi connectivity index (χ1n) is 10.1. The number of nitrogens with zero attached hydrogens (tertiary/aromatic N) is 4. The molecule has 8 nitrogen and oxygen atoms in total. The van der Waals surface area contributed by atoms with E-state index >= 15 is 0 Å². The van der Waals surface area contributed by atoms with E-state index in [1.54, 1.807) is 34.9 Å². The molecular weight excluding hydrogens is 435 g/mol. The number of hydrogen-bond donors (Lipinski definition) is 1. The lowest BCUT2D eigenvalue weighted by Gasteiger charge is -2.38. The van der Waals surface area contributed by atoms with Crippen molar-refractivity contribution < 1.29 is 19.0 Å². The highest BCUT2D eigenvalue weighted by atomic mass is 32.1. The maximum Gasteiger partial charge on any atom is 0.274 e. The zero-order chi connectivity index (χ0) is 23.0. The minimum absolute atomic E-state index is 0.0446. The summed E-state index contributed by atoms with van der Waals surface area (Å²) in [6.07, 6.45) is 1.99. The Balaban J connectivity index is 1.74. The fraction of sp³-hybridized carbons (Fsp3) is 0.364. The van der Waals surface area contributed by atoms with Crippen LogP contribution < -0.4 is 5.43 Å². The van der Waals surface area contributed by atoms with Crippen molar-refractivity contribution in [2.75, 3.05) is 20.3 Å². The molecule has 3 aromatic rings. The third-order valence-electron chi connectivity index (χ3n) is 5.42. The van der Waals surface area contributed by atoms with Crippen molar-refractivity contribution in [3.63, 3.8) is 0 Å². The number of rotatable bonds is 6. The Labute approximate surface area is 187 Å². The van der Waals surface area contributed by atoms with Crippen LogP contribution in [0.15, 0.2) is 35.3 Å². The van der Waals surface area contributed by atoms with Crippen LogP contribution in [0, 0.1) is 5.82 Å². The van der Waals surface area contributed by atoms with Crippen molar-refractivity contribution in [2.24, 2.45) is 0 Å². The van der Waals surface area contributed by atoms with Gasteiger partial charge in [0.15, 0.2) is 16.5 Å². The second kappa shape index (κ2) is 8.79. The predicted molar refractivity (Wildman–Crippen MR) is 118 cm³/mol. The Morgan fingerprint density at radius 1 is 1.25 bits per heavy atom. The van der Waals surface area contributed by atoms with Gasteiger partial charge in [0.25, 0.3) is 5.91 Å². The molecule has 1 aliphatic heterocycles. The van der Waals surface area contributed by atoms with Gasteiger partial charge in [-0.1, -0.05) is 23.5 Å². The first-order valence-corrected chi connectivity index (χ1v) is 11.0. The zero-order valence-electron chi connectivity index (χ0n) is 17.9. The average Bonchev–Trinajstić information content (AvgIpc) is 3.21. The maximum atomic E-state index is 13.1. The molecule has 1 amide bonds. The summed E-state index contributed by atoms with van der Waals surface area (Å²) in [6.45, 7) is 4.46. The lowest BCUT2D eigenvalue weighted by Crippen LogP contribution is -2.48. The molecule has 32 heavy (non-hydrogen) atoms. The summed E-state index contributed by atoms with van der Waals surface area (Å²) in [5, 5.41) is 20.0. The van der Waals surface area contributed by atoms with Gasteiger partial charge in [0.05, 0.1) is 18.2 Å². The van der Waals surface area contributed by atoms with E-state index in [-0.39, 0.29) is 29.2 Å². The Bertz CT molecular complexity index is 1210. The Hall–Kier alpha value is -3.11. The zero-order valence-corrected chi connectivity index (χ0v) is 18.7. The van der Waals surface area contributed by atoms with Crippen LogP contribution in [0.1, 0.15) is 40.9 Å². The minimum atomic E-state index is -0.671. The molecule has 0 saturated carbocycles. The second-order valence-electron chi connectivity index (χ2n) is 7.94. The first kappa shape index (κ1) is 22.1. The molecule has 3 heterocycles. The second-order valence-corrected chi connectivity index (χ2v) is 9.00. The summed E-state index contributed by atoms with van der Waals surface area (Å²) in [4.78, 5) is 27.6. The lowest BCUT2D eigenvalue weighted by molar-refractivity contribution is 0.0511. The van der Waals surface area contributed by atoms with Gasteiger partial charge in [-0.05, 0) is 31.5 Å². The first-order chi connectivity index (χ1) is 15.3. The third kappa shape index (κ3) is 4.03. The van der Waals surface area contributed by atoms with E-state index in [0.717, 1.165) is 5.56 Å². The van der Waals surface area contributed by atoms with Crippen molar-refractivity contribution in [1.82, 2.24) is 19.7 Å². The summed E-state index contributed by atoms with van der Waals surface area (Å²) in [5.41, 5.74) is 0.312. The van der Waals surface area contributed by atoms with Crippen LogP contribution in [0.2, 0.25) is 0 Å². The number of carbonyl (C=O) groups excluding carboxylic acids is 1. The number of hydrogen-bond acceptors (Lipinski definition) is 7. The van der Waals surface area contributed by atoms with Crippen LogP contribution in [-0.2, 0) is 11.2 Å². The predicted octanol–water partition coefficient (Wildman–Crippen LogP) is 2.85. The summed E-state index contributed by atoms with van der Waals surface area (Å²) in [6, 6.07) is 5.71. The van der Waals surface area contributed by atoms with Gasteiger partial charge in [0, 0.05) is 32.3 Å². The van der Waals surface area contributed by atoms with Gasteiger partial charge in [0.1, 0.15) is 10.8 Å². The molecule has 0 aliphatic carbocycles. The molecule has 0 fully saturated rings. The molecule has 1 atom stereocenters. The number of halogens is 1. The number of pyridine rings is 1. The number of amides is 1. The molecule has 4 rings (SSSR count). The van der Waals surface area contributed by atoms with Gasteiger partial charge in [-0.25, -0.2) is 4.39 Å². The summed E-state index contributed by atoms with van der Waals surface area (Å²) >= 11 is 1.21. The van der Waals surface area contributed by atoms with E-state index in [2.05, 4.69) is 10.2 Å². The monoisotopic (exact) mass is 458 g/mol. The minimum Gasteiger partial charge on any atom is -0.503 e. The molecule has 1 N–H and O–H groups in total. The molecule has 1 aromatic carbocycles. The van der Waals surface area contributed by atoms with Crippen molar-refractivity contribution >= 4 is 17.2 Å². The van der Waals surface area contributed by atoms with E-state index in [1.807, 2.05) is 13.8 Å².